The van der Waals surface area contributed by atoms with Gasteiger partial charge in [-0.3, -0.25) is 4.79 Å². The number of aryl methyl sites for hydroxylation is 2. The zero-order valence-electron chi connectivity index (χ0n) is 13.9. The van der Waals surface area contributed by atoms with Crippen LogP contribution in [0.3, 0.4) is 0 Å². The summed E-state index contributed by atoms with van der Waals surface area (Å²) >= 11 is 4.56. The monoisotopic (exact) mass is 378 g/mol. The van der Waals surface area contributed by atoms with E-state index in [1.54, 1.807) is 17.5 Å². The van der Waals surface area contributed by atoms with Crippen molar-refractivity contribution in [2.24, 2.45) is 0 Å². The summed E-state index contributed by atoms with van der Waals surface area (Å²) in [4.78, 5) is 27.8. The Morgan fingerprint density at radius 3 is 2.79 bits per heavy atom. The largest absolute Gasteiger partial charge is 0.301 e. The van der Waals surface area contributed by atoms with Gasteiger partial charge in [0.05, 0.1) is 5.75 Å². The van der Waals surface area contributed by atoms with E-state index in [4.69, 9.17) is 9.97 Å². The fourth-order valence-corrected chi connectivity index (χ4v) is 4.70. The lowest BCUT2D eigenvalue weighted by Gasteiger charge is -2.08. The molecule has 0 bridgehead atoms. The Balaban J connectivity index is 1.85. The summed E-state index contributed by atoms with van der Waals surface area (Å²) < 4.78 is 0. The quantitative estimate of drug-likeness (QED) is 0.518. The van der Waals surface area contributed by atoms with Crippen molar-refractivity contribution in [3.63, 3.8) is 0 Å². The molecule has 3 aromatic rings. The molecular formula is C16H18N4OS3. The van der Waals surface area contributed by atoms with Gasteiger partial charge in [0, 0.05) is 27.8 Å². The summed E-state index contributed by atoms with van der Waals surface area (Å²) in [5.41, 5.74) is 1.20. The first-order chi connectivity index (χ1) is 11.5. The number of thiophene rings is 1. The molecule has 0 fully saturated rings. The average molecular weight is 379 g/mol. The highest BCUT2D eigenvalue weighted by Gasteiger charge is 2.17. The molecule has 0 aliphatic rings. The number of thiazole rings is 1. The number of thioether (sulfide) groups is 1. The van der Waals surface area contributed by atoms with Gasteiger partial charge >= 0.3 is 0 Å². The zero-order valence-corrected chi connectivity index (χ0v) is 16.4. The first-order valence-electron chi connectivity index (χ1n) is 7.55. The molecule has 0 unspecified atom stereocenters. The molecule has 3 rings (SSSR count). The molecule has 0 saturated carbocycles. The van der Waals surface area contributed by atoms with Crippen molar-refractivity contribution in [2.45, 2.75) is 38.6 Å². The number of carbonyl (C=O) groups is 1. The first-order valence-corrected chi connectivity index (χ1v) is 10.2. The highest BCUT2D eigenvalue weighted by molar-refractivity contribution is 8.00. The maximum Gasteiger partial charge on any atom is 0.236 e. The molecule has 3 heterocycles. The number of carbonyl (C=O) groups excluding carboxylic acids is 1. The third-order valence-corrected chi connectivity index (χ3v) is 6.31. The Hall–Kier alpha value is -1.51. The van der Waals surface area contributed by atoms with Crippen LogP contribution in [0.2, 0.25) is 0 Å². The number of hydrogen-bond donors (Lipinski definition) is 1. The Bertz CT molecular complexity index is 871. The Morgan fingerprint density at radius 2 is 2.12 bits per heavy atom. The number of nitrogens with one attached hydrogen (secondary N) is 1. The average Bonchev–Trinajstić information content (AvgIpc) is 3.13. The van der Waals surface area contributed by atoms with E-state index in [0.717, 1.165) is 21.1 Å². The molecule has 0 radical (unpaired) electrons. The summed E-state index contributed by atoms with van der Waals surface area (Å²) in [6, 6.07) is 0. The van der Waals surface area contributed by atoms with Gasteiger partial charge in [0.15, 0.2) is 5.13 Å². The number of rotatable bonds is 5. The zero-order chi connectivity index (χ0) is 17.3. The minimum atomic E-state index is -0.0718. The van der Waals surface area contributed by atoms with E-state index in [-0.39, 0.29) is 11.8 Å². The van der Waals surface area contributed by atoms with E-state index >= 15 is 0 Å². The fourth-order valence-electron chi connectivity index (χ4n) is 2.17. The molecule has 0 spiro atoms. The fraction of sp³-hybridized carbons (Fsp3) is 0.375. The van der Waals surface area contributed by atoms with Gasteiger partial charge in [-0.15, -0.1) is 22.7 Å². The van der Waals surface area contributed by atoms with Crippen molar-refractivity contribution in [3.05, 3.63) is 27.8 Å². The second-order valence-electron chi connectivity index (χ2n) is 5.68. The second-order valence-corrected chi connectivity index (χ2v) is 8.74. The van der Waals surface area contributed by atoms with Gasteiger partial charge in [-0.25, -0.2) is 15.0 Å². The van der Waals surface area contributed by atoms with Crippen LogP contribution >= 0.6 is 34.4 Å². The maximum absolute atomic E-state index is 12.1. The van der Waals surface area contributed by atoms with E-state index in [9.17, 15) is 4.79 Å². The van der Waals surface area contributed by atoms with Crippen molar-refractivity contribution < 1.29 is 4.79 Å². The molecule has 1 amide bonds. The van der Waals surface area contributed by atoms with Gasteiger partial charge in [-0.05, 0) is 19.4 Å². The molecule has 24 heavy (non-hydrogen) atoms. The third kappa shape index (κ3) is 3.60. The van der Waals surface area contributed by atoms with Gasteiger partial charge in [0.2, 0.25) is 5.91 Å². The summed E-state index contributed by atoms with van der Waals surface area (Å²) in [5, 5.41) is 7.23. The van der Waals surface area contributed by atoms with Crippen LogP contribution < -0.4 is 5.32 Å². The van der Waals surface area contributed by atoms with Gasteiger partial charge in [0.1, 0.15) is 15.7 Å². The first kappa shape index (κ1) is 17.3. The standard InChI is InChI=1S/C16H18N4OS3/c1-8(2)13-19-14(12-9(3)10(4)24-15(12)20-13)23-7-11(21)18-16-17-5-6-22-16/h5-6,8H,7H2,1-4H3,(H,17,18,21). The molecule has 1 N–H and O–H groups in total. The van der Waals surface area contributed by atoms with Gasteiger partial charge in [0.25, 0.3) is 0 Å². The van der Waals surface area contributed by atoms with Gasteiger partial charge in [-0.1, -0.05) is 25.6 Å². The highest BCUT2D eigenvalue weighted by atomic mass is 32.2. The van der Waals surface area contributed by atoms with Crippen molar-refractivity contribution in [3.8, 4) is 0 Å². The molecule has 0 atom stereocenters. The summed E-state index contributed by atoms with van der Waals surface area (Å²) in [6.07, 6.45) is 1.67. The topological polar surface area (TPSA) is 67.8 Å². The van der Waals surface area contributed by atoms with E-state index in [0.29, 0.717) is 10.9 Å². The van der Waals surface area contributed by atoms with Crippen molar-refractivity contribution in [2.75, 3.05) is 11.1 Å². The lowest BCUT2D eigenvalue weighted by Crippen LogP contribution is -2.14. The number of amides is 1. The highest BCUT2D eigenvalue weighted by Crippen LogP contribution is 2.36. The van der Waals surface area contributed by atoms with Crippen LogP contribution in [0.5, 0.6) is 0 Å². The summed E-state index contributed by atoms with van der Waals surface area (Å²) in [7, 11) is 0. The van der Waals surface area contributed by atoms with Crippen LogP contribution in [0.1, 0.15) is 36.0 Å². The number of anilines is 1. The van der Waals surface area contributed by atoms with E-state index in [1.807, 2.05) is 5.38 Å². The minimum Gasteiger partial charge on any atom is -0.301 e. The molecule has 0 aliphatic carbocycles. The van der Waals surface area contributed by atoms with Gasteiger partial charge in [-0.2, -0.15) is 0 Å². The van der Waals surface area contributed by atoms with Gasteiger partial charge < -0.3 is 5.32 Å². The smallest absolute Gasteiger partial charge is 0.236 e. The van der Waals surface area contributed by atoms with Crippen LogP contribution in [-0.4, -0.2) is 26.6 Å². The molecule has 0 aliphatic heterocycles. The predicted octanol–water partition coefficient (Wildman–Crippen LogP) is 4.62. The predicted molar refractivity (Wildman–Crippen MR) is 102 cm³/mol. The van der Waals surface area contributed by atoms with Crippen LogP contribution in [0.25, 0.3) is 10.2 Å². The molecule has 3 aromatic heterocycles. The maximum atomic E-state index is 12.1. The molecule has 0 saturated heterocycles. The molecule has 5 nitrogen and oxygen atoms in total. The SMILES string of the molecule is Cc1sc2nc(C(C)C)nc(SCC(=O)Nc3nccs3)c2c1C. The van der Waals surface area contributed by atoms with E-state index < -0.39 is 0 Å². The van der Waals surface area contributed by atoms with Crippen LogP contribution in [0, 0.1) is 13.8 Å². The Kier molecular flexibility index (Phi) is 5.17. The molecule has 0 aromatic carbocycles. The van der Waals surface area contributed by atoms with Crippen LogP contribution in [0.4, 0.5) is 5.13 Å². The number of aromatic nitrogens is 3. The molecule has 8 heteroatoms. The van der Waals surface area contributed by atoms with Crippen LogP contribution in [0.15, 0.2) is 16.6 Å². The number of hydrogen-bond acceptors (Lipinski definition) is 7. The summed E-state index contributed by atoms with van der Waals surface area (Å²) in [6.45, 7) is 8.35. The molecular weight excluding hydrogens is 360 g/mol. The third-order valence-electron chi connectivity index (χ3n) is 3.55. The van der Waals surface area contributed by atoms with E-state index in [2.05, 4.69) is 38.0 Å². The second kappa shape index (κ2) is 7.16. The summed E-state index contributed by atoms with van der Waals surface area (Å²) in [5.74, 6) is 1.31. The Morgan fingerprint density at radius 1 is 1.33 bits per heavy atom. The lowest BCUT2D eigenvalue weighted by atomic mass is 10.2. The van der Waals surface area contributed by atoms with Crippen molar-refractivity contribution in [1.82, 2.24) is 15.0 Å². The number of fused-ring (bicyclic) bond motifs is 1. The lowest BCUT2D eigenvalue weighted by molar-refractivity contribution is -0.113. The number of nitrogens with zero attached hydrogens (tertiary/aromatic N) is 3. The van der Waals surface area contributed by atoms with Crippen molar-refractivity contribution >= 4 is 55.7 Å². The minimum absolute atomic E-state index is 0.0718. The van der Waals surface area contributed by atoms with Crippen LogP contribution in [-0.2, 0) is 4.79 Å². The normalized spacial score (nSPS) is 11.4. The Labute approximate surface area is 152 Å². The van der Waals surface area contributed by atoms with Crippen molar-refractivity contribution in [1.29, 1.82) is 0 Å². The molecule has 126 valence electrons. The van der Waals surface area contributed by atoms with E-state index in [1.165, 1.54) is 33.5 Å².